The molecular weight excluding hydrogens is 359 g/mol. The van der Waals surface area contributed by atoms with Crippen LogP contribution in [0.1, 0.15) is 32.3 Å². The molecule has 2 amide bonds. The molecular formula is C19H26F3N3O2. The molecule has 1 aromatic rings. The SMILES string of the molecule is CC(C)NC(=O)CCNC(=O)C1(C(F)(F)F)CCN(Cc2ccccc2)C1. The molecule has 1 aliphatic heterocycles. The Hall–Kier alpha value is -2.09. The molecule has 1 aromatic carbocycles. The number of likely N-dealkylation sites (tertiary alicyclic amines) is 1. The van der Waals surface area contributed by atoms with E-state index in [0.717, 1.165) is 5.56 Å². The molecule has 2 N–H and O–H groups in total. The van der Waals surface area contributed by atoms with Crippen LogP contribution in [0.25, 0.3) is 0 Å². The van der Waals surface area contributed by atoms with Crippen molar-refractivity contribution in [2.45, 2.75) is 45.5 Å². The lowest BCUT2D eigenvalue weighted by Gasteiger charge is -2.30. The second-order valence-electron chi connectivity index (χ2n) is 7.25. The molecule has 0 spiro atoms. The minimum absolute atomic E-state index is 0.0500. The van der Waals surface area contributed by atoms with Gasteiger partial charge in [-0.05, 0) is 32.4 Å². The molecule has 1 unspecified atom stereocenters. The van der Waals surface area contributed by atoms with Crippen LogP contribution in [0.4, 0.5) is 13.2 Å². The molecule has 1 atom stereocenters. The van der Waals surface area contributed by atoms with Crippen molar-refractivity contribution in [2.75, 3.05) is 19.6 Å². The molecule has 150 valence electrons. The standard InChI is InChI=1S/C19H26F3N3O2/c1-14(2)24-16(26)8-10-23-17(27)18(19(20,21)22)9-11-25(13-18)12-15-6-4-3-5-7-15/h3-7,14H,8-13H2,1-2H3,(H,23,27)(H,24,26). The first-order chi connectivity index (χ1) is 12.6. The van der Waals surface area contributed by atoms with Gasteiger partial charge in [-0.15, -0.1) is 0 Å². The van der Waals surface area contributed by atoms with E-state index >= 15 is 0 Å². The van der Waals surface area contributed by atoms with Gasteiger partial charge in [0.1, 0.15) is 0 Å². The lowest BCUT2D eigenvalue weighted by Crippen LogP contribution is -2.52. The van der Waals surface area contributed by atoms with Crippen molar-refractivity contribution in [3.05, 3.63) is 35.9 Å². The van der Waals surface area contributed by atoms with Crippen LogP contribution >= 0.6 is 0 Å². The fourth-order valence-corrected chi connectivity index (χ4v) is 3.26. The maximum Gasteiger partial charge on any atom is 0.404 e. The van der Waals surface area contributed by atoms with Crippen molar-refractivity contribution in [3.63, 3.8) is 0 Å². The molecule has 1 fully saturated rings. The largest absolute Gasteiger partial charge is 0.404 e. The molecule has 0 radical (unpaired) electrons. The third kappa shape index (κ3) is 5.45. The number of nitrogens with zero attached hydrogens (tertiary/aromatic N) is 1. The van der Waals surface area contributed by atoms with Gasteiger partial charge in [-0.25, -0.2) is 0 Å². The second kappa shape index (κ2) is 8.73. The number of carbonyl (C=O) groups is 2. The maximum absolute atomic E-state index is 13.8. The Morgan fingerprint density at radius 2 is 1.89 bits per heavy atom. The number of benzene rings is 1. The predicted octanol–water partition coefficient (Wildman–Crippen LogP) is 2.47. The average molecular weight is 385 g/mol. The normalized spacial score (nSPS) is 20.7. The van der Waals surface area contributed by atoms with Gasteiger partial charge in [0, 0.05) is 32.1 Å². The smallest absolute Gasteiger partial charge is 0.355 e. The molecule has 1 aliphatic rings. The average Bonchev–Trinajstić information content (AvgIpc) is 3.00. The molecule has 2 rings (SSSR count). The Labute approximate surface area is 157 Å². The zero-order chi connectivity index (χ0) is 20.1. The van der Waals surface area contributed by atoms with E-state index in [2.05, 4.69) is 10.6 Å². The minimum atomic E-state index is -4.65. The summed E-state index contributed by atoms with van der Waals surface area (Å²) in [6.45, 7) is 3.63. The number of hydrogen-bond donors (Lipinski definition) is 2. The molecule has 0 bridgehead atoms. The highest BCUT2D eigenvalue weighted by Gasteiger charge is 2.62. The number of amides is 2. The van der Waals surface area contributed by atoms with E-state index in [-0.39, 0.29) is 44.4 Å². The lowest BCUT2D eigenvalue weighted by atomic mass is 9.85. The van der Waals surface area contributed by atoms with E-state index in [9.17, 15) is 22.8 Å². The predicted molar refractivity (Wildman–Crippen MR) is 95.7 cm³/mol. The van der Waals surface area contributed by atoms with Gasteiger partial charge >= 0.3 is 6.18 Å². The van der Waals surface area contributed by atoms with Gasteiger partial charge in [0.25, 0.3) is 0 Å². The number of nitrogens with one attached hydrogen (secondary N) is 2. The number of hydrogen-bond acceptors (Lipinski definition) is 3. The van der Waals surface area contributed by atoms with Crippen LogP contribution in [-0.4, -0.2) is 48.6 Å². The van der Waals surface area contributed by atoms with Crippen LogP contribution < -0.4 is 10.6 Å². The van der Waals surface area contributed by atoms with Crippen molar-refractivity contribution < 1.29 is 22.8 Å². The summed E-state index contributed by atoms with van der Waals surface area (Å²) in [7, 11) is 0. The Morgan fingerprint density at radius 3 is 2.48 bits per heavy atom. The summed E-state index contributed by atoms with van der Waals surface area (Å²) in [6.07, 6.45) is -4.98. The Bertz CT molecular complexity index is 649. The third-order valence-corrected chi connectivity index (χ3v) is 4.66. The van der Waals surface area contributed by atoms with Crippen LogP contribution in [0.3, 0.4) is 0 Å². The van der Waals surface area contributed by atoms with Crippen molar-refractivity contribution in [2.24, 2.45) is 5.41 Å². The lowest BCUT2D eigenvalue weighted by molar-refractivity contribution is -0.218. The van der Waals surface area contributed by atoms with E-state index < -0.39 is 17.5 Å². The van der Waals surface area contributed by atoms with E-state index in [1.807, 2.05) is 30.3 Å². The van der Waals surface area contributed by atoms with Gasteiger partial charge in [0.05, 0.1) is 0 Å². The summed E-state index contributed by atoms with van der Waals surface area (Å²) >= 11 is 0. The fraction of sp³-hybridized carbons (Fsp3) is 0.579. The third-order valence-electron chi connectivity index (χ3n) is 4.66. The zero-order valence-corrected chi connectivity index (χ0v) is 15.6. The number of halogens is 3. The quantitative estimate of drug-likeness (QED) is 0.758. The van der Waals surface area contributed by atoms with E-state index in [1.54, 1.807) is 18.7 Å². The number of carbonyl (C=O) groups excluding carboxylic acids is 2. The Kier molecular flexibility index (Phi) is 6.86. The molecule has 0 aromatic heterocycles. The van der Waals surface area contributed by atoms with Crippen LogP contribution in [-0.2, 0) is 16.1 Å². The first-order valence-corrected chi connectivity index (χ1v) is 9.05. The summed E-state index contributed by atoms with van der Waals surface area (Å²) in [5.74, 6) is -1.36. The minimum Gasteiger partial charge on any atom is -0.355 e. The molecule has 27 heavy (non-hydrogen) atoms. The highest BCUT2D eigenvalue weighted by molar-refractivity contribution is 5.85. The zero-order valence-electron chi connectivity index (χ0n) is 15.6. The Morgan fingerprint density at radius 1 is 1.22 bits per heavy atom. The van der Waals surface area contributed by atoms with Gasteiger partial charge < -0.3 is 10.6 Å². The van der Waals surface area contributed by atoms with Gasteiger partial charge in [0.15, 0.2) is 5.41 Å². The first kappa shape index (κ1) is 21.2. The van der Waals surface area contributed by atoms with Crippen LogP contribution in [0.15, 0.2) is 30.3 Å². The topological polar surface area (TPSA) is 61.4 Å². The fourth-order valence-electron chi connectivity index (χ4n) is 3.26. The maximum atomic E-state index is 13.8. The van der Waals surface area contributed by atoms with Gasteiger partial charge in [-0.2, -0.15) is 13.2 Å². The summed E-state index contributed by atoms with van der Waals surface area (Å²) in [5.41, 5.74) is -1.53. The van der Waals surface area contributed by atoms with Gasteiger partial charge in [-0.3, -0.25) is 14.5 Å². The van der Waals surface area contributed by atoms with Crippen molar-refractivity contribution in [1.29, 1.82) is 0 Å². The molecule has 0 saturated carbocycles. The molecule has 0 aliphatic carbocycles. The highest BCUT2D eigenvalue weighted by atomic mass is 19.4. The molecule has 1 saturated heterocycles. The Balaban J connectivity index is 1.98. The van der Waals surface area contributed by atoms with Gasteiger partial charge in [0.2, 0.25) is 11.8 Å². The van der Waals surface area contributed by atoms with Crippen LogP contribution in [0, 0.1) is 5.41 Å². The summed E-state index contributed by atoms with van der Waals surface area (Å²) in [6, 6.07) is 9.14. The van der Waals surface area contributed by atoms with Crippen molar-refractivity contribution in [3.8, 4) is 0 Å². The summed E-state index contributed by atoms with van der Waals surface area (Å²) in [4.78, 5) is 25.7. The van der Waals surface area contributed by atoms with Crippen LogP contribution in [0.2, 0.25) is 0 Å². The summed E-state index contributed by atoms with van der Waals surface area (Å²) in [5, 5.41) is 4.95. The number of alkyl halides is 3. The van der Waals surface area contributed by atoms with Crippen molar-refractivity contribution >= 4 is 11.8 Å². The summed E-state index contributed by atoms with van der Waals surface area (Å²) < 4.78 is 41.3. The van der Waals surface area contributed by atoms with Crippen LogP contribution in [0.5, 0.6) is 0 Å². The molecule has 1 heterocycles. The molecule has 5 nitrogen and oxygen atoms in total. The van der Waals surface area contributed by atoms with E-state index in [0.29, 0.717) is 6.54 Å². The monoisotopic (exact) mass is 385 g/mol. The van der Waals surface area contributed by atoms with Gasteiger partial charge in [-0.1, -0.05) is 30.3 Å². The first-order valence-electron chi connectivity index (χ1n) is 9.05. The molecule has 8 heteroatoms. The highest BCUT2D eigenvalue weighted by Crippen LogP contribution is 2.46. The van der Waals surface area contributed by atoms with E-state index in [4.69, 9.17) is 0 Å². The van der Waals surface area contributed by atoms with Crippen molar-refractivity contribution in [1.82, 2.24) is 15.5 Å². The van der Waals surface area contributed by atoms with E-state index in [1.165, 1.54) is 0 Å². The second-order valence-corrected chi connectivity index (χ2v) is 7.25. The number of rotatable bonds is 7.